The van der Waals surface area contributed by atoms with Crippen LogP contribution in [0.2, 0.25) is 0 Å². The number of furan rings is 1. The van der Waals surface area contributed by atoms with Crippen LogP contribution in [-0.2, 0) is 0 Å². The minimum atomic E-state index is -0.397. The topological polar surface area (TPSA) is 78.3 Å². The lowest BCUT2D eigenvalue weighted by Crippen LogP contribution is -2.40. The van der Waals surface area contributed by atoms with Crippen molar-refractivity contribution in [1.82, 2.24) is 15.2 Å². The Labute approximate surface area is 133 Å². The number of nitrogens with one attached hydrogen (secondary N) is 2. The highest BCUT2D eigenvalue weighted by molar-refractivity contribution is 5.94. The van der Waals surface area contributed by atoms with Gasteiger partial charge in [0.05, 0.1) is 12.0 Å². The first-order valence-electron chi connectivity index (χ1n) is 6.92. The standard InChI is InChI=1S/C15H17N3O3.ClH/c1-18(10-6-7-16-9-10)15(20)11-4-5-12(17-14(11)19)13-3-2-8-21-13;/h2-5,8,10,16H,6-7,9H2,1H3,(H,17,19);1H. The summed E-state index contributed by atoms with van der Waals surface area (Å²) in [5.74, 6) is 0.315. The van der Waals surface area contributed by atoms with Crippen molar-refractivity contribution in [2.75, 3.05) is 20.1 Å². The molecule has 2 aromatic heterocycles. The van der Waals surface area contributed by atoms with Crippen LogP contribution in [0.1, 0.15) is 16.8 Å². The van der Waals surface area contributed by atoms with Gasteiger partial charge in [0, 0.05) is 19.6 Å². The maximum absolute atomic E-state index is 12.4. The van der Waals surface area contributed by atoms with E-state index >= 15 is 0 Å². The van der Waals surface area contributed by atoms with E-state index in [1.165, 1.54) is 6.26 Å². The third-order valence-corrected chi connectivity index (χ3v) is 3.83. The molecule has 0 spiro atoms. The number of likely N-dealkylation sites (N-methyl/N-ethyl adjacent to an activating group) is 1. The molecule has 1 fully saturated rings. The molecule has 0 aromatic carbocycles. The fourth-order valence-corrected chi connectivity index (χ4v) is 2.54. The lowest BCUT2D eigenvalue weighted by atomic mass is 10.1. The molecule has 2 N–H and O–H groups in total. The molecule has 1 saturated heterocycles. The Kier molecular flexibility index (Phi) is 5.05. The number of aromatic amines is 1. The van der Waals surface area contributed by atoms with Crippen LogP contribution in [0.4, 0.5) is 0 Å². The van der Waals surface area contributed by atoms with Gasteiger partial charge in [0.2, 0.25) is 0 Å². The SMILES string of the molecule is CN(C(=O)c1ccc(-c2ccco2)[nH]c1=O)C1CCNC1.Cl. The summed E-state index contributed by atoms with van der Waals surface area (Å²) in [6.07, 6.45) is 2.44. The van der Waals surface area contributed by atoms with Gasteiger partial charge in [-0.25, -0.2) is 0 Å². The van der Waals surface area contributed by atoms with E-state index in [4.69, 9.17) is 4.42 Å². The number of amides is 1. The number of aromatic nitrogens is 1. The summed E-state index contributed by atoms with van der Waals surface area (Å²) in [7, 11) is 1.74. The molecule has 22 heavy (non-hydrogen) atoms. The zero-order valence-corrected chi connectivity index (χ0v) is 13.0. The van der Waals surface area contributed by atoms with E-state index in [2.05, 4.69) is 10.3 Å². The van der Waals surface area contributed by atoms with E-state index in [1.54, 1.807) is 36.2 Å². The maximum Gasteiger partial charge on any atom is 0.261 e. The van der Waals surface area contributed by atoms with Crippen LogP contribution in [0.3, 0.4) is 0 Å². The van der Waals surface area contributed by atoms with Gasteiger partial charge < -0.3 is 19.6 Å². The maximum atomic E-state index is 12.4. The molecule has 1 amide bonds. The molecule has 1 atom stereocenters. The highest BCUT2D eigenvalue weighted by Gasteiger charge is 2.25. The zero-order valence-electron chi connectivity index (χ0n) is 12.2. The smallest absolute Gasteiger partial charge is 0.261 e. The third-order valence-electron chi connectivity index (χ3n) is 3.83. The number of H-pyrrole nitrogens is 1. The summed E-state index contributed by atoms with van der Waals surface area (Å²) < 4.78 is 5.23. The lowest BCUT2D eigenvalue weighted by Gasteiger charge is -2.23. The second-order valence-electron chi connectivity index (χ2n) is 5.15. The molecule has 6 nitrogen and oxygen atoms in total. The summed E-state index contributed by atoms with van der Waals surface area (Å²) >= 11 is 0. The Bertz CT molecular complexity index is 690. The van der Waals surface area contributed by atoms with E-state index in [0.717, 1.165) is 19.5 Å². The third kappa shape index (κ3) is 3.08. The molecule has 0 bridgehead atoms. The van der Waals surface area contributed by atoms with Gasteiger partial charge in [0.25, 0.3) is 11.5 Å². The van der Waals surface area contributed by atoms with Crippen LogP contribution in [0.5, 0.6) is 0 Å². The van der Waals surface area contributed by atoms with E-state index in [-0.39, 0.29) is 29.9 Å². The quantitative estimate of drug-likeness (QED) is 0.897. The second-order valence-corrected chi connectivity index (χ2v) is 5.15. The fourth-order valence-electron chi connectivity index (χ4n) is 2.54. The summed E-state index contributed by atoms with van der Waals surface area (Å²) in [5, 5.41) is 3.21. The number of carbonyl (C=O) groups excluding carboxylic acids is 1. The van der Waals surface area contributed by atoms with Gasteiger partial charge in [-0.1, -0.05) is 0 Å². The molecule has 3 heterocycles. The first-order chi connectivity index (χ1) is 10.2. The van der Waals surface area contributed by atoms with Crippen LogP contribution >= 0.6 is 12.4 Å². The first-order valence-corrected chi connectivity index (χ1v) is 6.92. The summed E-state index contributed by atoms with van der Waals surface area (Å²) in [5.41, 5.74) is 0.318. The monoisotopic (exact) mass is 323 g/mol. The Morgan fingerprint density at radius 2 is 2.18 bits per heavy atom. The number of rotatable bonds is 3. The lowest BCUT2D eigenvalue weighted by molar-refractivity contribution is 0.0742. The van der Waals surface area contributed by atoms with Crippen LogP contribution in [0, 0.1) is 0 Å². The van der Waals surface area contributed by atoms with Crippen molar-refractivity contribution in [2.45, 2.75) is 12.5 Å². The van der Waals surface area contributed by atoms with Crippen LogP contribution < -0.4 is 10.9 Å². The largest absolute Gasteiger partial charge is 0.463 e. The Morgan fingerprint density at radius 3 is 2.77 bits per heavy atom. The molecule has 118 valence electrons. The molecule has 1 aliphatic heterocycles. The van der Waals surface area contributed by atoms with Crippen LogP contribution in [0.25, 0.3) is 11.5 Å². The molecule has 0 saturated carbocycles. The minimum Gasteiger partial charge on any atom is -0.463 e. The molecule has 3 rings (SSSR count). The number of hydrogen-bond acceptors (Lipinski definition) is 4. The van der Waals surface area contributed by atoms with Crippen LogP contribution in [-0.4, -0.2) is 42.0 Å². The summed E-state index contributed by atoms with van der Waals surface area (Å²) in [6.45, 7) is 1.67. The predicted molar refractivity (Wildman–Crippen MR) is 85.4 cm³/mol. The number of carbonyl (C=O) groups is 1. The van der Waals surface area contributed by atoms with Gasteiger partial charge in [-0.05, 0) is 37.2 Å². The van der Waals surface area contributed by atoms with Crippen molar-refractivity contribution < 1.29 is 9.21 Å². The molecule has 0 radical (unpaired) electrons. The van der Waals surface area contributed by atoms with E-state index in [9.17, 15) is 9.59 Å². The first kappa shape index (κ1) is 16.3. The van der Waals surface area contributed by atoms with Crippen molar-refractivity contribution >= 4 is 18.3 Å². The van der Waals surface area contributed by atoms with Crippen molar-refractivity contribution in [2.24, 2.45) is 0 Å². The average molecular weight is 324 g/mol. The highest BCUT2D eigenvalue weighted by Crippen LogP contribution is 2.16. The van der Waals surface area contributed by atoms with Crippen molar-refractivity contribution in [1.29, 1.82) is 0 Å². The molecule has 2 aromatic rings. The van der Waals surface area contributed by atoms with Crippen LogP contribution in [0.15, 0.2) is 39.7 Å². The number of hydrogen-bond donors (Lipinski definition) is 2. The minimum absolute atomic E-state index is 0. The molecule has 1 aliphatic rings. The van der Waals surface area contributed by atoms with Crippen molar-refractivity contribution in [3.63, 3.8) is 0 Å². The van der Waals surface area contributed by atoms with Crippen molar-refractivity contribution in [3.8, 4) is 11.5 Å². The van der Waals surface area contributed by atoms with Gasteiger partial charge in [-0.15, -0.1) is 12.4 Å². The highest BCUT2D eigenvalue weighted by atomic mass is 35.5. The molecular formula is C15H18ClN3O3. The average Bonchev–Trinajstić information content (AvgIpc) is 3.18. The Morgan fingerprint density at radius 1 is 1.36 bits per heavy atom. The fraction of sp³-hybridized carbons (Fsp3) is 0.333. The second kappa shape index (κ2) is 6.81. The Hall–Kier alpha value is -2.05. The Balaban J connectivity index is 0.00000176. The number of nitrogens with zero attached hydrogens (tertiary/aromatic N) is 1. The van der Waals surface area contributed by atoms with Gasteiger partial charge >= 0.3 is 0 Å². The van der Waals surface area contributed by atoms with Gasteiger partial charge in [-0.3, -0.25) is 9.59 Å². The summed E-state index contributed by atoms with van der Waals surface area (Å²) in [6, 6.07) is 6.88. The molecule has 0 aliphatic carbocycles. The van der Waals surface area contributed by atoms with Crippen molar-refractivity contribution in [3.05, 3.63) is 46.4 Å². The van der Waals surface area contributed by atoms with Gasteiger partial charge in [0.15, 0.2) is 0 Å². The normalized spacial score (nSPS) is 17.0. The number of pyridine rings is 1. The summed E-state index contributed by atoms with van der Waals surface area (Å²) in [4.78, 5) is 28.9. The van der Waals surface area contributed by atoms with E-state index in [1.807, 2.05) is 0 Å². The van der Waals surface area contributed by atoms with Gasteiger partial charge in [0.1, 0.15) is 11.3 Å². The number of halogens is 1. The van der Waals surface area contributed by atoms with E-state index in [0.29, 0.717) is 11.5 Å². The molecule has 7 heteroatoms. The molecular weight excluding hydrogens is 306 g/mol. The van der Waals surface area contributed by atoms with Gasteiger partial charge in [-0.2, -0.15) is 0 Å². The zero-order chi connectivity index (χ0) is 14.8. The predicted octanol–water partition coefficient (Wildman–Crippen LogP) is 1.49. The van der Waals surface area contributed by atoms with E-state index < -0.39 is 5.56 Å². The molecule has 1 unspecified atom stereocenters.